The van der Waals surface area contributed by atoms with Crippen molar-refractivity contribution in [3.8, 4) is 5.75 Å². The number of esters is 2. The first-order valence-corrected chi connectivity index (χ1v) is 13.4. The van der Waals surface area contributed by atoms with Gasteiger partial charge in [-0.3, -0.25) is 4.79 Å². The van der Waals surface area contributed by atoms with Crippen molar-refractivity contribution >= 4 is 17.5 Å². The Kier molecular flexibility index (Phi) is 10.0. The average molecular weight is 543 g/mol. The van der Waals surface area contributed by atoms with Gasteiger partial charge in [-0.1, -0.05) is 65.8 Å². The number of carbonyl (C=O) groups excluding carboxylic acids is 2. The molecule has 2 aliphatic rings. The maximum absolute atomic E-state index is 12.8. The molecular formula is C31H42O8. The topological polar surface area (TPSA) is 112 Å². The van der Waals surface area contributed by atoms with Gasteiger partial charge in [-0.05, 0) is 47.1 Å². The molecule has 214 valence electrons. The van der Waals surface area contributed by atoms with Gasteiger partial charge in [-0.2, -0.15) is 0 Å². The van der Waals surface area contributed by atoms with E-state index in [9.17, 15) is 14.7 Å². The van der Waals surface area contributed by atoms with Crippen molar-refractivity contribution in [3.63, 3.8) is 0 Å². The van der Waals surface area contributed by atoms with Crippen molar-refractivity contribution in [3.05, 3.63) is 59.9 Å². The van der Waals surface area contributed by atoms with E-state index in [4.69, 9.17) is 24.1 Å². The SMILES string of the molecule is CC(C)(C)CC(C(=O)OCC(O)COC1=CC2OC(=O)C(c3ccc(OCCO)cc3)=CC2C=C1)C(C)(C)C. The van der Waals surface area contributed by atoms with Crippen molar-refractivity contribution in [2.24, 2.45) is 22.7 Å². The van der Waals surface area contributed by atoms with Crippen LogP contribution in [0.5, 0.6) is 5.75 Å². The lowest BCUT2D eigenvalue weighted by Gasteiger charge is -2.34. The third-order valence-electron chi connectivity index (χ3n) is 6.54. The number of ether oxygens (including phenoxy) is 4. The van der Waals surface area contributed by atoms with E-state index in [0.29, 0.717) is 29.1 Å². The van der Waals surface area contributed by atoms with Gasteiger partial charge >= 0.3 is 11.9 Å². The Hall–Kier alpha value is -3.10. The average Bonchev–Trinajstić information content (AvgIpc) is 2.86. The minimum absolute atomic E-state index is 0.0327. The summed E-state index contributed by atoms with van der Waals surface area (Å²) < 4.78 is 22.2. The highest BCUT2D eigenvalue weighted by Crippen LogP contribution is 2.37. The molecule has 1 aliphatic carbocycles. The van der Waals surface area contributed by atoms with Gasteiger partial charge < -0.3 is 29.2 Å². The zero-order chi connectivity index (χ0) is 28.8. The quantitative estimate of drug-likeness (QED) is 0.395. The molecule has 0 fully saturated rings. The van der Waals surface area contributed by atoms with E-state index in [1.807, 2.05) is 32.9 Å². The molecule has 8 heteroatoms. The Morgan fingerprint density at radius 2 is 1.72 bits per heavy atom. The summed E-state index contributed by atoms with van der Waals surface area (Å²) in [5, 5.41) is 19.3. The summed E-state index contributed by atoms with van der Waals surface area (Å²) in [6.07, 6.45) is 6.40. The Morgan fingerprint density at radius 1 is 1.03 bits per heavy atom. The van der Waals surface area contributed by atoms with E-state index in [1.165, 1.54) is 0 Å². The fraction of sp³-hybridized carbons (Fsp3) is 0.548. The molecule has 4 unspecified atom stereocenters. The molecule has 1 aromatic carbocycles. The summed E-state index contributed by atoms with van der Waals surface area (Å²) in [6, 6.07) is 7.03. The number of allylic oxidation sites excluding steroid dienone is 1. The zero-order valence-corrected chi connectivity index (χ0v) is 23.8. The van der Waals surface area contributed by atoms with Gasteiger partial charge in [0, 0.05) is 5.92 Å². The summed E-state index contributed by atoms with van der Waals surface area (Å²) in [5.41, 5.74) is 0.881. The van der Waals surface area contributed by atoms with E-state index in [2.05, 4.69) is 20.8 Å². The molecule has 0 spiro atoms. The van der Waals surface area contributed by atoms with Crippen LogP contribution < -0.4 is 4.74 Å². The van der Waals surface area contributed by atoms with Gasteiger partial charge in [-0.15, -0.1) is 0 Å². The van der Waals surface area contributed by atoms with Crippen LogP contribution in [0.4, 0.5) is 0 Å². The van der Waals surface area contributed by atoms with E-state index in [1.54, 1.807) is 36.4 Å². The molecule has 0 radical (unpaired) electrons. The van der Waals surface area contributed by atoms with E-state index < -0.39 is 18.2 Å². The Bertz CT molecular complexity index is 1090. The smallest absolute Gasteiger partial charge is 0.339 e. The van der Waals surface area contributed by atoms with Gasteiger partial charge in [0.15, 0.2) is 0 Å². The van der Waals surface area contributed by atoms with Crippen LogP contribution in [0.15, 0.2) is 54.3 Å². The largest absolute Gasteiger partial charge is 0.491 e. The zero-order valence-electron chi connectivity index (χ0n) is 23.8. The monoisotopic (exact) mass is 542 g/mol. The highest BCUT2D eigenvalue weighted by molar-refractivity contribution is 6.17. The molecule has 4 atom stereocenters. The second kappa shape index (κ2) is 12.8. The Balaban J connectivity index is 1.53. The van der Waals surface area contributed by atoms with Crippen molar-refractivity contribution in [2.45, 2.75) is 60.2 Å². The van der Waals surface area contributed by atoms with Gasteiger partial charge in [0.2, 0.25) is 0 Å². The first-order chi connectivity index (χ1) is 18.3. The Morgan fingerprint density at radius 3 is 2.33 bits per heavy atom. The van der Waals surface area contributed by atoms with Crippen LogP contribution in [0.3, 0.4) is 0 Å². The van der Waals surface area contributed by atoms with Gasteiger partial charge in [0.05, 0.1) is 18.1 Å². The molecule has 8 nitrogen and oxygen atoms in total. The molecule has 39 heavy (non-hydrogen) atoms. The number of aliphatic hydroxyl groups is 2. The number of hydrogen-bond acceptors (Lipinski definition) is 8. The van der Waals surface area contributed by atoms with Crippen molar-refractivity contribution < 1.29 is 38.7 Å². The van der Waals surface area contributed by atoms with Crippen molar-refractivity contribution in [1.82, 2.24) is 0 Å². The fourth-order valence-corrected chi connectivity index (χ4v) is 4.43. The predicted molar refractivity (Wildman–Crippen MR) is 148 cm³/mol. The lowest BCUT2D eigenvalue weighted by Crippen LogP contribution is -2.35. The third kappa shape index (κ3) is 8.97. The summed E-state index contributed by atoms with van der Waals surface area (Å²) in [7, 11) is 0. The van der Waals surface area contributed by atoms with Crippen LogP contribution in [0.25, 0.3) is 5.57 Å². The number of carbonyl (C=O) groups is 2. The Labute approximate surface area is 231 Å². The van der Waals surface area contributed by atoms with Crippen molar-refractivity contribution in [1.29, 1.82) is 0 Å². The van der Waals surface area contributed by atoms with Gasteiger partial charge in [0.1, 0.15) is 43.5 Å². The first-order valence-electron chi connectivity index (χ1n) is 13.4. The van der Waals surface area contributed by atoms with Gasteiger partial charge in [0.25, 0.3) is 0 Å². The predicted octanol–water partition coefficient (Wildman–Crippen LogP) is 4.46. The molecule has 3 rings (SSSR count). The molecule has 0 saturated heterocycles. The van der Waals surface area contributed by atoms with Crippen LogP contribution in [0.2, 0.25) is 0 Å². The molecule has 0 amide bonds. The molecule has 2 N–H and O–H groups in total. The molecule has 1 heterocycles. The molecule has 0 saturated carbocycles. The minimum Gasteiger partial charge on any atom is -0.491 e. The second-order valence-electron chi connectivity index (χ2n) is 12.3. The lowest BCUT2D eigenvalue weighted by molar-refractivity contribution is -0.157. The summed E-state index contributed by atoms with van der Waals surface area (Å²) >= 11 is 0. The highest BCUT2D eigenvalue weighted by Gasteiger charge is 2.36. The minimum atomic E-state index is -0.999. The van der Waals surface area contributed by atoms with E-state index in [0.717, 1.165) is 0 Å². The summed E-state index contributed by atoms with van der Waals surface area (Å²) in [4.78, 5) is 25.5. The van der Waals surface area contributed by atoms with Crippen molar-refractivity contribution in [2.75, 3.05) is 26.4 Å². The number of aliphatic hydroxyl groups excluding tert-OH is 2. The number of hydrogen-bond donors (Lipinski definition) is 2. The third-order valence-corrected chi connectivity index (χ3v) is 6.54. The normalized spacial score (nSPS) is 20.7. The lowest BCUT2D eigenvalue weighted by atomic mass is 9.72. The first kappa shape index (κ1) is 30.4. The van der Waals surface area contributed by atoms with E-state index in [-0.39, 0.29) is 55.1 Å². The van der Waals surface area contributed by atoms with Gasteiger partial charge in [-0.25, -0.2) is 4.79 Å². The fourth-order valence-electron chi connectivity index (χ4n) is 4.43. The van der Waals surface area contributed by atoms with Crippen LogP contribution in [0, 0.1) is 22.7 Å². The van der Waals surface area contributed by atoms with E-state index >= 15 is 0 Å². The summed E-state index contributed by atoms with van der Waals surface area (Å²) in [6.45, 7) is 12.2. The van der Waals surface area contributed by atoms with Crippen LogP contribution in [-0.4, -0.2) is 60.8 Å². The molecule has 1 aliphatic heterocycles. The maximum Gasteiger partial charge on any atom is 0.339 e. The summed E-state index contributed by atoms with van der Waals surface area (Å²) in [5.74, 6) is -0.131. The standard InChI is InChI=1S/C31H42O8/c1-30(2,3)17-26(31(4,5)6)29(35)38-19-22(33)18-37-24-12-9-21-15-25(28(34)39-27(21)16-24)20-7-10-23(11-8-20)36-14-13-32/h7-12,15-16,21-22,26-27,32-33H,13-14,17-19H2,1-6H3. The van der Waals surface area contributed by atoms with Crippen LogP contribution >= 0.6 is 0 Å². The number of rotatable bonds is 11. The van der Waals surface area contributed by atoms with Crippen LogP contribution in [-0.2, 0) is 23.8 Å². The number of benzene rings is 1. The molecular weight excluding hydrogens is 500 g/mol. The number of fused-ring (bicyclic) bond motifs is 1. The highest BCUT2D eigenvalue weighted by atomic mass is 16.6. The molecule has 0 bridgehead atoms. The molecule has 0 aromatic heterocycles. The molecule has 1 aromatic rings. The second-order valence-corrected chi connectivity index (χ2v) is 12.3. The maximum atomic E-state index is 12.8. The van der Waals surface area contributed by atoms with Crippen LogP contribution in [0.1, 0.15) is 53.5 Å².